The van der Waals surface area contributed by atoms with Crippen LogP contribution in [-0.2, 0) is 4.74 Å². The number of benzene rings is 3. The zero-order valence-electron chi connectivity index (χ0n) is 16.6. The van der Waals surface area contributed by atoms with E-state index >= 15 is 0 Å². The molecule has 0 amide bonds. The predicted molar refractivity (Wildman–Crippen MR) is 120 cm³/mol. The summed E-state index contributed by atoms with van der Waals surface area (Å²) in [5.41, 5.74) is 0. The van der Waals surface area contributed by atoms with Crippen LogP contribution < -0.4 is 28.3 Å². The van der Waals surface area contributed by atoms with Crippen molar-refractivity contribution in [2.45, 2.75) is 32.6 Å². The molecule has 3 aromatic carbocycles. The lowest BCUT2D eigenvalue weighted by atomic mass is 10.2. The minimum Gasteiger partial charge on any atom is -1.00 e. The van der Waals surface area contributed by atoms with Gasteiger partial charge in [-0.05, 0) is 42.8 Å². The van der Waals surface area contributed by atoms with Gasteiger partial charge in [-0.1, -0.05) is 80.8 Å². The van der Waals surface area contributed by atoms with Crippen molar-refractivity contribution in [3.63, 3.8) is 0 Å². The van der Waals surface area contributed by atoms with Gasteiger partial charge in [0.15, 0.2) is 6.35 Å². The summed E-state index contributed by atoms with van der Waals surface area (Å²) in [6, 6.07) is 32.8. The first-order chi connectivity index (χ1) is 13.4. The van der Waals surface area contributed by atoms with Gasteiger partial charge in [0.2, 0.25) is 0 Å². The Morgan fingerprint density at radius 1 is 0.607 bits per heavy atom. The first-order valence-corrected chi connectivity index (χ1v) is 12.0. The molecule has 0 fully saturated rings. The maximum Gasteiger partial charge on any atom is 0.171 e. The highest BCUT2D eigenvalue weighted by molar-refractivity contribution is 7.95. The molecule has 0 bridgehead atoms. The molecule has 0 heterocycles. The van der Waals surface area contributed by atoms with Crippen LogP contribution >= 0.6 is 7.26 Å². The fourth-order valence-corrected chi connectivity index (χ4v) is 7.34. The van der Waals surface area contributed by atoms with E-state index in [1.54, 1.807) is 0 Å². The third-order valence-corrected chi connectivity index (χ3v) is 9.13. The fraction of sp³-hybridized carbons (Fsp3) is 0.280. The van der Waals surface area contributed by atoms with Crippen LogP contribution in [0.3, 0.4) is 0 Å². The van der Waals surface area contributed by atoms with E-state index in [9.17, 15) is 0 Å². The van der Waals surface area contributed by atoms with Crippen LogP contribution in [0.15, 0.2) is 91.0 Å². The number of hydrogen-bond donors (Lipinski definition) is 0. The molecule has 0 aliphatic heterocycles. The van der Waals surface area contributed by atoms with Crippen LogP contribution in [0.1, 0.15) is 32.6 Å². The van der Waals surface area contributed by atoms with Crippen molar-refractivity contribution in [3.05, 3.63) is 91.0 Å². The Kier molecular flexibility index (Phi) is 9.71. The van der Waals surface area contributed by atoms with Crippen molar-refractivity contribution < 1.29 is 17.1 Å². The van der Waals surface area contributed by atoms with Crippen molar-refractivity contribution >= 4 is 23.2 Å². The highest BCUT2D eigenvalue weighted by atomic mass is 35.5. The summed E-state index contributed by atoms with van der Waals surface area (Å²) in [5, 5.41) is 4.16. The second kappa shape index (κ2) is 12.0. The summed E-state index contributed by atoms with van der Waals surface area (Å²) < 4.78 is 6.36. The Hall–Kier alpha value is -1.66. The van der Waals surface area contributed by atoms with Crippen molar-refractivity contribution in [2.75, 3.05) is 13.0 Å². The zero-order chi connectivity index (χ0) is 18.8. The van der Waals surface area contributed by atoms with Crippen LogP contribution in [0, 0.1) is 0 Å². The number of hydrogen-bond acceptors (Lipinski definition) is 1. The van der Waals surface area contributed by atoms with Gasteiger partial charge >= 0.3 is 0 Å². The van der Waals surface area contributed by atoms with Crippen molar-refractivity contribution in [1.29, 1.82) is 0 Å². The van der Waals surface area contributed by atoms with Crippen LogP contribution in [-0.4, -0.2) is 13.0 Å². The molecule has 1 nitrogen and oxygen atoms in total. The second-order valence-electron chi connectivity index (χ2n) is 6.91. The van der Waals surface area contributed by atoms with Crippen molar-refractivity contribution in [2.24, 2.45) is 0 Å². The van der Waals surface area contributed by atoms with Crippen LogP contribution in [0.5, 0.6) is 0 Å². The van der Waals surface area contributed by atoms with Gasteiger partial charge in [0, 0.05) is 0 Å². The second-order valence-corrected chi connectivity index (χ2v) is 10.3. The molecule has 3 aromatic rings. The molecule has 0 radical (unpaired) electrons. The lowest BCUT2D eigenvalue weighted by molar-refractivity contribution is -0.00000582. The SMILES string of the molecule is CCCCCCOC[P+](c1ccccc1)(c1ccccc1)c1ccccc1.[Cl-]. The summed E-state index contributed by atoms with van der Waals surface area (Å²) >= 11 is 0. The predicted octanol–water partition coefficient (Wildman–Crippen LogP) is 2.54. The average molecular weight is 413 g/mol. The van der Waals surface area contributed by atoms with E-state index in [4.69, 9.17) is 4.74 Å². The van der Waals surface area contributed by atoms with Gasteiger partial charge in [0.05, 0.1) is 6.61 Å². The number of ether oxygens (including phenoxy) is 1. The summed E-state index contributed by atoms with van der Waals surface area (Å²) in [6.45, 7) is 3.09. The fourth-order valence-electron chi connectivity index (χ4n) is 3.55. The topological polar surface area (TPSA) is 9.23 Å². The Bertz CT molecular complexity index is 681. The first kappa shape index (κ1) is 22.6. The van der Waals surface area contributed by atoms with Gasteiger partial charge in [0.25, 0.3) is 0 Å². The van der Waals surface area contributed by atoms with E-state index < -0.39 is 7.26 Å². The van der Waals surface area contributed by atoms with E-state index in [1.807, 2.05) is 0 Å². The maximum absolute atomic E-state index is 6.36. The Morgan fingerprint density at radius 3 is 1.43 bits per heavy atom. The Labute approximate surface area is 176 Å². The standard InChI is InChI=1S/C25H30OP.ClH/c1-2-3-4-14-21-26-22-27(23-15-8-5-9-16-23,24-17-10-6-11-18-24)25-19-12-7-13-20-25;/h5-13,15-20H,2-4,14,21-22H2,1H3;1H/q+1;/p-1. The zero-order valence-corrected chi connectivity index (χ0v) is 18.3. The molecule has 0 aliphatic carbocycles. The molecule has 148 valence electrons. The normalized spacial score (nSPS) is 11.0. The average Bonchev–Trinajstić information content (AvgIpc) is 2.75. The first-order valence-electron chi connectivity index (χ1n) is 10.0. The smallest absolute Gasteiger partial charge is 0.171 e. The molecule has 0 N–H and O–H groups in total. The van der Waals surface area contributed by atoms with E-state index in [0.29, 0.717) is 0 Å². The van der Waals surface area contributed by atoms with Crippen molar-refractivity contribution in [3.8, 4) is 0 Å². The molecule has 0 spiro atoms. The van der Waals surface area contributed by atoms with Gasteiger partial charge in [0.1, 0.15) is 23.2 Å². The molecule has 0 atom stereocenters. The minimum atomic E-state index is -1.83. The summed E-state index contributed by atoms with van der Waals surface area (Å²) in [7, 11) is -1.83. The van der Waals surface area contributed by atoms with E-state index in [0.717, 1.165) is 19.4 Å². The van der Waals surface area contributed by atoms with Gasteiger partial charge in [-0.2, -0.15) is 0 Å². The summed E-state index contributed by atoms with van der Waals surface area (Å²) in [6.07, 6.45) is 5.71. The molecule has 0 saturated carbocycles. The third-order valence-electron chi connectivity index (χ3n) is 5.02. The number of rotatable bonds is 10. The molecule has 3 rings (SSSR count). The third kappa shape index (κ3) is 5.45. The molecule has 28 heavy (non-hydrogen) atoms. The van der Waals surface area contributed by atoms with Gasteiger partial charge in [-0.15, -0.1) is 0 Å². The highest BCUT2D eigenvalue weighted by Crippen LogP contribution is 2.55. The van der Waals surface area contributed by atoms with Crippen molar-refractivity contribution in [1.82, 2.24) is 0 Å². The lowest BCUT2D eigenvalue weighted by Gasteiger charge is -2.27. The van der Waals surface area contributed by atoms with E-state index in [-0.39, 0.29) is 12.4 Å². The summed E-state index contributed by atoms with van der Waals surface area (Å²) in [5.74, 6) is 0. The molecule has 0 saturated heterocycles. The Morgan fingerprint density at radius 2 is 1.04 bits per heavy atom. The van der Waals surface area contributed by atoms with Gasteiger partial charge < -0.3 is 17.1 Å². The molecular formula is C25H30ClOP. The molecule has 0 aliphatic rings. The molecule has 3 heteroatoms. The summed E-state index contributed by atoms with van der Waals surface area (Å²) in [4.78, 5) is 0. The van der Waals surface area contributed by atoms with Crippen LogP contribution in [0.2, 0.25) is 0 Å². The molecular weight excluding hydrogens is 383 g/mol. The molecule has 0 aromatic heterocycles. The van der Waals surface area contributed by atoms with Gasteiger partial charge in [-0.3, -0.25) is 0 Å². The van der Waals surface area contributed by atoms with E-state index in [2.05, 4.69) is 97.9 Å². The Balaban J connectivity index is 0.00000280. The highest BCUT2D eigenvalue weighted by Gasteiger charge is 2.45. The number of unbranched alkanes of at least 4 members (excludes halogenated alkanes) is 3. The number of halogens is 1. The van der Waals surface area contributed by atoms with E-state index in [1.165, 1.54) is 35.2 Å². The van der Waals surface area contributed by atoms with Crippen LogP contribution in [0.4, 0.5) is 0 Å². The lowest BCUT2D eigenvalue weighted by Crippen LogP contribution is -3.00. The quantitative estimate of drug-likeness (QED) is 0.367. The minimum absolute atomic E-state index is 0. The van der Waals surface area contributed by atoms with Crippen LogP contribution in [0.25, 0.3) is 0 Å². The maximum atomic E-state index is 6.36. The molecule has 0 unspecified atom stereocenters. The largest absolute Gasteiger partial charge is 1.00 e. The van der Waals surface area contributed by atoms with Gasteiger partial charge in [-0.25, -0.2) is 0 Å². The monoisotopic (exact) mass is 412 g/mol.